The number of hydrogen-bond donors (Lipinski definition) is 0. The Labute approximate surface area is 127 Å². The highest BCUT2D eigenvalue weighted by atomic mass is 19.4. The van der Waals surface area contributed by atoms with E-state index in [0.717, 1.165) is 12.8 Å². The van der Waals surface area contributed by atoms with E-state index in [1.54, 1.807) is 0 Å². The van der Waals surface area contributed by atoms with E-state index in [2.05, 4.69) is 13.0 Å². The smallest absolute Gasteiger partial charge is 0.406 e. The molecule has 0 radical (unpaired) electrons. The van der Waals surface area contributed by atoms with Gasteiger partial charge in [-0.25, -0.2) is 0 Å². The average molecular weight is 319 g/mol. The molecule has 0 bridgehead atoms. The van der Waals surface area contributed by atoms with Crippen LogP contribution < -0.4 is 0 Å². The summed E-state index contributed by atoms with van der Waals surface area (Å²) in [6, 6.07) is 0. The lowest BCUT2D eigenvalue weighted by atomic mass is 9.85. The number of amides is 1. The molecule has 0 aromatic carbocycles. The van der Waals surface area contributed by atoms with E-state index in [4.69, 9.17) is 4.74 Å². The minimum absolute atomic E-state index is 0.199. The van der Waals surface area contributed by atoms with Crippen molar-refractivity contribution in [2.45, 2.75) is 32.4 Å². The topological polar surface area (TPSA) is 46.6 Å². The SMILES string of the molecule is C[C@@H]1CC=CC[C@@H]1COC(=O)[C@H]1CC(=O)N(CC(F)(F)F)C1. The summed E-state index contributed by atoms with van der Waals surface area (Å²) in [5, 5.41) is 0. The first-order chi connectivity index (χ1) is 10.3. The molecule has 1 amide bonds. The Morgan fingerprint density at radius 3 is 2.68 bits per heavy atom. The highest BCUT2D eigenvalue weighted by Crippen LogP contribution is 2.27. The molecule has 0 aromatic heterocycles. The molecule has 0 saturated carbocycles. The van der Waals surface area contributed by atoms with Crippen molar-refractivity contribution in [2.24, 2.45) is 17.8 Å². The largest absolute Gasteiger partial charge is 0.465 e. The van der Waals surface area contributed by atoms with Gasteiger partial charge in [-0.05, 0) is 24.7 Å². The molecule has 1 saturated heterocycles. The fourth-order valence-corrected chi connectivity index (χ4v) is 2.85. The first-order valence-corrected chi connectivity index (χ1v) is 7.42. The molecular weight excluding hydrogens is 299 g/mol. The Hall–Kier alpha value is -1.53. The van der Waals surface area contributed by atoms with Gasteiger partial charge in [-0.3, -0.25) is 9.59 Å². The number of rotatable bonds is 4. The third kappa shape index (κ3) is 4.48. The van der Waals surface area contributed by atoms with Gasteiger partial charge in [-0.15, -0.1) is 0 Å². The number of likely N-dealkylation sites (tertiary alicyclic amines) is 1. The molecule has 1 aliphatic carbocycles. The van der Waals surface area contributed by atoms with Gasteiger partial charge in [0.2, 0.25) is 5.91 Å². The first-order valence-electron chi connectivity index (χ1n) is 7.42. The van der Waals surface area contributed by atoms with Gasteiger partial charge < -0.3 is 9.64 Å². The van der Waals surface area contributed by atoms with Crippen LogP contribution in [0.2, 0.25) is 0 Å². The van der Waals surface area contributed by atoms with Gasteiger partial charge in [-0.2, -0.15) is 13.2 Å². The molecule has 2 aliphatic rings. The molecule has 1 fully saturated rings. The van der Waals surface area contributed by atoms with Crippen LogP contribution in [0, 0.1) is 17.8 Å². The lowest BCUT2D eigenvalue weighted by molar-refractivity contribution is -0.158. The Morgan fingerprint density at radius 1 is 1.36 bits per heavy atom. The normalized spacial score (nSPS) is 29.0. The van der Waals surface area contributed by atoms with E-state index < -0.39 is 30.5 Å². The Kier molecular flexibility index (Phi) is 5.13. The van der Waals surface area contributed by atoms with Crippen LogP contribution in [0.5, 0.6) is 0 Å². The lowest BCUT2D eigenvalue weighted by Crippen LogP contribution is -2.36. The molecule has 7 heteroatoms. The number of ether oxygens (including phenoxy) is 1. The quantitative estimate of drug-likeness (QED) is 0.591. The summed E-state index contributed by atoms with van der Waals surface area (Å²) in [6.07, 6.45) is 1.26. The van der Waals surface area contributed by atoms with Gasteiger partial charge in [0.15, 0.2) is 0 Å². The van der Waals surface area contributed by atoms with Crippen molar-refractivity contribution in [1.29, 1.82) is 0 Å². The molecule has 0 spiro atoms. The highest BCUT2D eigenvalue weighted by molar-refractivity contribution is 5.86. The van der Waals surface area contributed by atoms with Crippen LogP contribution in [0.25, 0.3) is 0 Å². The van der Waals surface area contributed by atoms with Crippen LogP contribution in [-0.4, -0.2) is 42.6 Å². The van der Waals surface area contributed by atoms with Crippen LogP contribution >= 0.6 is 0 Å². The van der Waals surface area contributed by atoms with E-state index >= 15 is 0 Å². The fourth-order valence-electron chi connectivity index (χ4n) is 2.85. The maximum atomic E-state index is 12.3. The summed E-state index contributed by atoms with van der Waals surface area (Å²) >= 11 is 0. The summed E-state index contributed by atoms with van der Waals surface area (Å²) in [5.74, 6) is -1.36. The zero-order valence-corrected chi connectivity index (χ0v) is 12.4. The minimum Gasteiger partial charge on any atom is -0.465 e. The van der Waals surface area contributed by atoms with E-state index in [9.17, 15) is 22.8 Å². The molecule has 4 nitrogen and oxygen atoms in total. The van der Waals surface area contributed by atoms with Crippen molar-refractivity contribution in [3.05, 3.63) is 12.2 Å². The fraction of sp³-hybridized carbons (Fsp3) is 0.733. The monoisotopic (exact) mass is 319 g/mol. The zero-order chi connectivity index (χ0) is 16.3. The molecule has 22 heavy (non-hydrogen) atoms. The lowest BCUT2D eigenvalue weighted by Gasteiger charge is -2.25. The van der Waals surface area contributed by atoms with Crippen LogP contribution in [0.1, 0.15) is 26.2 Å². The van der Waals surface area contributed by atoms with E-state index in [1.165, 1.54) is 0 Å². The number of alkyl halides is 3. The number of carbonyl (C=O) groups is 2. The number of halogens is 3. The molecule has 0 unspecified atom stereocenters. The van der Waals surface area contributed by atoms with E-state index in [0.29, 0.717) is 10.8 Å². The van der Waals surface area contributed by atoms with E-state index in [1.807, 2.05) is 6.08 Å². The van der Waals surface area contributed by atoms with Crippen LogP contribution in [0.3, 0.4) is 0 Å². The summed E-state index contributed by atoms with van der Waals surface area (Å²) in [4.78, 5) is 24.2. The van der Waals surface area contributed by atoms with Crippen LogP contribution in [0.15, 0.2) is 12.2 Å². The predicted octanol–water partition coefficient (Wildman–Crippen LogP) is 2.54. The van der Waals surface area contributed by atoms with Crippen molar-refractivity contribution in [1.82, 2.24) is 4.90 Å². The molecule has 124 valence electrons. The number of esters is 1. The zero-order valence-electron chi connectivity index (χ0n) is 12.4. The Balaban J connectivity index is 1.81. The number of nitrogens with zero attached hydrogens (tertiary/aromatic N) is 1. The number of hydrogen-bond acceptors (Lipinski definition) is 3. The number of carbonyl (C=O) groups excluding carboxylic acids is 2. The maximum Gasteiger partial charge on any atom is 0.406 e. The second kappa shape index (κ2) is 6.71. The standard InChI is InChI=1S/C15H20F3NO3/c1-10-4-2-3-5-11(10)8-22-14(21)12-6-13(20)19(7-12)9-15(16,17)18/h2-3,10-12H,4-9H2,1H3/t10-,11-,12+/m1/s1. The van der Waals surface area contributed by atoms with Crippen LogP contribution in [-0.2, 0) is 14.3 Å². The Morgan fingerprint density at radius 2 is 2.05 bits per heavy atom. The Bertz CT molecular complexity index is 461. The highest BCUT2D eigenvalue weighted by Gasteiger charge is 2.41. The summed E-state index contributed by atoms with van der Waals surface area (Å²) < 4.78 is 42.2. The van der Waals surface area contributed by atoms with Crippen molar-refractivity contribution >= 4 is 11.9 Å². The molecule has 1 aliphatic heterocycles. The molecule has 0 aromatic rings. The van der Waals surface area contributed by atoms with Gasteiger partial charge in [0, 0.05) is 13.0 Å². The van der Waals surface area contributed by atoms with Crippen molar-refractivity contribution in [3.8, 4) is 0 Å². The molecular formula is C15H20F3NO3. The van der Waals surface area contributed by atoms with Crippen molar-refractivity contribution in [2.75, 3.05) is 19.7 Å². The van der Waals surface area contributed by atoms with E-state index in [-0.39, 0.29) is 25.5 Å². The molecule has 3 atom stereocenters. The van der Waals surface area contributed by atoms with Crippen LogP contribution in [0.4, 0.5) is 13.2 Å². The summed E-state index contributed by atoms with van der Waals surface area (Å²) in [5.41, 5.74) is 0. The molecule has 2 rings (SSSR count). The maximum absolute atomic E-state index is 12.3. The van der Waals surface area contributed by atoms with Crippen molar-refractivity contribution in [3.63, 3.8) is 0 Å². The average Bonchev–Trinajstić information content (AvgIpc) is 2.77. The first kappa shape index (κ1) is 16.8. The second-order valence-corrected chi connectivity index (χ2v) is 6.10. The third-order valence-electron chi connectivity index (χ3n) is 4.28. The summed E-state index contributed by atoms with van der Waals surface area (Å²) in [7, 11) is 0. The van der Waals surface area contributed by atoms with Gasteiger partial charge >= 0.3 is 12.1 Å². The molecule has 0 N–H and O–H groups in total. The predicted molar refractivity (Wildman–Crippen MR) is 72.7 cm³/mol. The van der Waals surface area contributed by atoms with Gasteiger partial charge in [0.05, 0.1) is 12.5 Å². The second-order valence-electron chi connectivity index (χ2n) is 6.10. The van der Waals surface area contributed by atoms with Crippen molar-refractivity contribution < 1.29 is 27.5 Å². The van der Waals surface area contributed by atoms with Gasteiger partial charge in [0.1, 0.15) is 6.54 Å². The van der Waals surface area contributed by atoms with Gasteiger partial charge in [0.25, 0.3) is 0 Å². The molecule has 1 heterocycles. The van der Waals surface area contributed by atoms with Gasteiger partial charge in [-0.1, -0.05) is 19.1 Å². The summed E-state index contributed by atoms with van der Waals surface area (Å²) in [6.45, 7) is 0.817. The number of allylic oxidation sites excluding steroid dienone is 2. The third-order valence-corrected chi connectivity index (χ3v) is 4.28. The minimum atomic E-state index is -4.45.